The van der Waals surface area contributed by atoms with Crippen molar-refractivity contribution >= 4 is 22.9 Å². The first-order chi connectivity index (χ1) is 16.6. The van der Waals surface area contributed by atoms with Gasteiger partial charge in [0.05, 0.1) is 17.6 Å². The van der Waals surface area contributed by atoms with Crippen molar-refractivity contribution in [2.45, 2.75) is 68.2 Å². The van der Waals surface area contributed by atoms with Gasteiger partial charge in [0, 0.05) is 24.1 Å². The third-order valence-corrected chi connectivity index (χ3v) is 6.17. The molecule has 3 heterocycles. The van der Waals surface area contributed by atoms with Gasteiger partial charge < -0.3 is 4.90 Å². The highest BCUT2D eigenvalue weighted by Gasteiger charge is 2.36. The molecule has 0 aliphatic carbocycles. The number of hydrogen-bond donors (Lipinski definition) is 0. The number of hydrogen-bond acceptors (Lipinski definition) is 6. The summed E-state index contributed by atoms with van der Waals surface area (Å²) < 4.78 is 1.86. The summed E-state index contributed by atoms with van der Waals surface area (Å²) in [5.41, 5.74) is 6.87. The second kappa shape index (κ2) is 9.72. The minimum atomic E-state index is -0.208. The molecule has 1 aliphatic heterocycles. The van der Waals surface area contributed by atoms with E-state index in [1.54, 1.807) is 0 Å². The van der Waals surface area contributed by atoms with Gasteiger partial charge in [-0.05, 0) is 56.9 Å². The van der Waals surface area contributed by atoms with Crippen molar-refractivity contribution in [3.8, 4) is 11.4 Å². The molecule has 1 aliphatic rings. The van der Waals surface area contributed by atoms with E-state index in [-0.39, 0.29) is 5.41 Å². The molecule has 0 unspecified atom stereocenters. The minimum Gasteiger partial charge on any atom is -0.357 e. The van der Waals surface area contributed by atoms with Gasteiger partial charge in [0.1, 0.15) is 11.5 Å². The number of rotatable bonds is 7. The molecule has 0 saturated heterocycles. The smallest absolute Gasteiger partial charge is 0.205 e. The molecule has 0 radical (unpaired) electrons. The van der Waals surface area contributed by atoms with E-state index in [1.807, 2.05) is 16.9 Å². The standard InChI is InChI=1S/C28H37N7/c1-9-13-34(14-10-2)22-12-11-21(17-29-22)30-24-25(28(6,7)8)33-35-26(31-32-27(24)35)23-19(4)15-18(3)16-20(23)5/h11-12,15-17H,9-10,13-14H2,1-8H3/b30-24-. The molecule has 35 heavy (non-hydrogen) atoms. The summed E-state index contributed by atoms with van der Waals surface area (Å²) in [7, 11) is 0. The number of pyridine rings is 1. The molecule has 1 aromatic carbocycles. The lowest BCUT2D eigenvalue weighted by Gasteiger charge is -2.22. The molecule has 184 valence electrons. The van der Waals surface area contributed by atoms with E-state index in [0.717, 1.165) is 60.2 Å². The zero-order chi connectivity index (χ0) is 25.3. The molecule has 0 amide bonds. The van der Waals surface area contributed by atoms with Crippen LogP contribution in [0.3, 0.4) is 0 Å². The monoisotopic (exact) mass is 471 g/mol. The predicted octanol–water partition coefficient (Wildman–Crippen LogP) is 6.28. The van der Waals surface area contributed by atoms with Crippen LogP contribution in [-0.2, 0) is 0 Å². The van der Waals surface area contributed by atoms with Crippen LogP contribution in [0.5, 0.6) is 0 Å². The number of aromatic nitrogens is 4. The Labute approximate surface area is 209 Å². The molecule has 7 nitrogen and oxygen atoms in total. The highest BCUT2D eigenvalue weighted by atomic mass is 15.5. The van der Waals surface area contributed by atoms with Crippen molar-refractivity contribution in [2.24, 2.45) is 15.5 Å². The summed E-state index contributed by atoms with van der Waals surface area (Å²) in [5, 5.41) is 14.1. The van der Waals surface area contributed by atoms with Gasteiger partial charge in [0.2, 0.25) is 5.82 Å². The molecule has 7 heteroatoms. The zero-order valence-corrected chi connectivity index (χ0v) is 22.3. The van der Waals surface area contributed by atoms with Gasteiger partial charge in [0.15, 0.2) is 5.82 Å². The van der Waals surface area contributed by atoms with Crippen LogP contribution >= 0.6 is 0 Å². The summed E-state index contributed by atoms with van der Waals surface area (Å²) in [5.74, 6) is 2.42. The molecule has 4 rings (SSSR count). The molecule has 0 N–H and O–H groups in total. The summed E-state index contributed by atoms with van der Waals surface area (Å²) >= 11 is 0. The maximum absolute atomic E-state index is 4.99. The first-order valence-electron chi connectivity index (χ1n) is 12.6. The Morgan fingerprint density at radius 1 is 0.914 bits per heavy atom. The SMILES string of the molecule is CCCN(CCC)c1ccc(/N=C2/C(C(C)(C)C)=Nn3c2nnc3-c2c(C)cc(C)cc2C)cn1. The number of anilines is 1. The molecule has 0 atom stereocenters. The summed E-state index contributed by atoms with van der Waals surface area (Å²) in [6, 6.07) is 8.44. The minimum absolute atomic E-state index is 0.208. The van der Waals surface area contributed by atoms with Crippen LogP contribution in [0, 0.1) is 26.2 Å². The van der Waals surface area contributed by atoms with Gasteiger partial charge in [0.25, 0.3) is 0 Å². The zero-order valence-electron chi connectivity index (χ0n) is 22.3. The van der Waals surface area contributed by atoms with Gasteiger partial charge in [-0.2, -0.15) is 9.78 Å². The lowest BCUT2D eigenvalue weighted by molar-refractivity contribution is 0.594. The lowest BCUT2D eigenvalue weighted by atomic mass is 9.87. The largest absolute Gasteiger partial charge is 0.357 e. The Balaban J connectivity index is 1.77. The van der Waals surface area contributed by atoms with Crippen LogP contribution in [0.4, 0.5) is 11.5 Å². The third kappa shape index (κ3) is 4.90. The highest BCUT2D eigenvalue weighted by Crippen LogP contribution is 2.33. The van der Waals surface area contributed by atoms with Gasteiger partial charge in [-0.15, -0.1) is 10.2 Å². The Bertz CT molecular complexity index is 1240. The van der Waals surface area contributed by atoms with Gasteiger partial charge in [-0.25, -0.2) is 9.98 Å². The third-order valence-electron chi connectivity index (χ3n) is 6.17. The Morgan fingerprint density at radius 2 is 1.54 bits per heavy atom. The second-order valence-electron chi connectivity index (χ2n) is 10.5. The Morgan fingerprint density at radius 3 is 2.09 bits per heavy atom. The van der Waals surface area contributed by atoms with E-state index in [9.17, 15) is 0 Å². The average Bonchev–Trinajstić information content (AvgIpc) is 3.34. The maximum atomic E-state index is 4.99. The number of aryl methyl sites for hydroxylation is 3. The van der Waals surface area contributed by atoms with Crippen molar-refractivity contribution in [1.82, 2.24) is 19.9 Å². The van der Waals surface area contributed by atoms with Gasteiger partial charge in [-0.1, -0.05) is 52.3 Å². The normalized spacial score (nSPS) is 14.4. The molecule has 3 aromatic rings. The highest BCUT2D eigenvalue weighted by molar-refractivity contribution is 6.50. The first-order valence-corrected chi connectivity index (χ1v) is 12.6. The maximum Gasteiger partial charge on any atom is 0.205 e. The molecule has 0 bridgehead atoms. The molecule has 0 spiro atoms. The van der Waals surface area contributed by atoms with E-state index in [4.69, 9.17) is 15.1 Å². The number of nitrogens with zero attached hydrogens (tertiary/aromatic N) is 7. The summed E-state index contributed by atoms with van der Waals surface area (Å²) in [6.45, 7) is 19.2. The fraction of sp³-hybridized carbons (Fsp3) is 0.464. The first kappa shape index (κ1) is 24.8. The second-order valence-corrected chi connectivity index (χ2v) is 10.5. The van der Waals surface area contributed by atoms with E-state index in [0.29, 0.717) is 5.82 Å². The van der Waals surface area contributed by atoms with Crippen molar-refractivity contribution < 1.29 is 0 Å². The van der Waals surface area contributed by atoms with Crippen LogP contribution in [0.25, 0.3) is 11.4 Å². The van der Waals surface area contributed by atoms with Crippen LogP contribution in [-0.4, -0.2) is 44.4 Å². The number of aliphatic imine (C=N–C) groups is 1. The summed E-state index contributed by atoms with van der Waals surface area (Å²) in [4.78, 5) is 12.0. The van der Waals surface area contributed by atoms with Gasteiger partial charge >= 0.3 is 0 Å². The van der Waals surface area contributed by atoms with Crippen LogP contribution in [0.2, 0.25) is 0 Å². The quantitative estimate of drug-likeness (QED) is 0.407. The van der Waals surface area contributed by atoms with E-state index >= 15 is 0 Å². The van der Waals surface area contributed by atoms with Crippen molar-refractivity contribution in [1.29, 1.82) is 0 Å². The molecule has 0 fully saturated rings. The Hall–Kier alpha value is -3.35. The van der Waals surface area contributed by atoms with Crippen molar-refractivity contribution in [2.75, 3.05) is 18.0 Å². The fourth-order valence-corrected chi connectivity index (χ4v) is 4.71. The van der Waals surface area contributed by atoms with Crippen LogP contribution in [0.15, 0.2) is 40.6 Å². The molecular formula is C28H37N7. The summed E-state index contributed by atoms with van der Waals surface area (Å²) in [6.07, 6.45) is 4.03. The van der Waals surface area contributed by atoms with E-state index in [1.165, 1.54) is 16.7 Å². The topological polar surface area (TPSA) is 71.6 Å². The van der Waals surface area contributed by atoms with Crippen molar-refractivity contribution in [3.05, 3.63) is 53.0 Å². The molecular weight excluding hydrogens is 434 g/mol. The van der Waals surface area contributed by atoms with Crippen LogP contribution < -0.4 is 4.90 Å². The molecule has 2 aromatic heterocycles. The van der Waals surface area contributed by atoms with Crippen molar-refractivity contribution in [3.63, 3.8) is 0 Å². The number of benzene rings is 1. The van der Waals surface area contributed by atoms with Crippen LogP contribution in [0.1, 0.15) is 70.0 Å². The molecule has 0 saturated carbocycles. The lowest BCUT2D eigenvalue weighted by Crippen LogP contribution is -2.27. The number of fused-ring (bicyclic) bond motifs is 1. The fourth-order valence-electron chi connectivity index (χ4n) is 4.71. The average molecular weight is 472 g/mol. The van der Waals surface area contributed by atoms with E-state index < -0.39 is 0 Å². The van der Waals surface area contributed by atoms with E-state index in [2.05, 4.69) is 88.7 Å². The Kier molecular flexibility index (Phi) is 6.88. The van der Waals surface area contributed by atoms with Gasteiger partial charge in [-0.3, -0.25) is 0 Å². The predicted molar refractivity (Wildman–Crippen MR) is 145 cm³/mol.